The molecule has 1 aromatic rings. The molecule has 1 fully saturated rings. The van der Waals surface area contributed by atoms with Crippen molar-refractivity contribution in [3.63, 3.8) is 0 Å². The van der Waals surface area contributed by atoms with E-state index < -0.39 is 31.6 Å². The molecule has 1 heterocycles. The van der Waals surface area contributed by atoms with Gasteiger partial charge in [-0.05, 0) is 18.6 Å². The van der Waals surface area contributed by atoms with Gasteiger partial charge in [0.25, 0.3) is 0 Å². The van der Waals surface area contributed by atoms with Crippen molar-refractivity contribution in [2.45, 2.75) is 23.8 Å². The monoisotopic (exact) mass is 314 g/mol. The lowest BCUT2D eigenvalue weighted by molar-refractivity contribution is -0.386. The minimum absolute atomic E-state index is 0.147. The molecule has 1 aliphatic rings. The predicted octanol–water partition coefficient (Wildman–Crippen LogP) is -0.266. The predicted molar refractivity (Wildman–Crippen MR) is 73.9 cm³/mol. The molecule has 0 bridgehead atoms. The summed E-state index contributed by atoms with van der Waals surface area (Å²) < 4.78 is 26.9. The number of carbonyl (C=O) groups excluding carboxylic acids is 1. The molecule has 2 rings (SSSR count). The largest absolute Gasteiger partial charge is 0.393 e. The van der Waals surface area contributed by atoms with Crippen LogP contribution in [0, 0.1) is 10.1 Å². The molecular weight excluding hydrogens is 300 g/mol. The Balaban J connectivity index is 2.30. The topological polar surface area (TPSA) is 144 Å². The zero-order valence-electron chi connectivity index (χ0n) is 10.9. The molecule has 1 amide bonds. The first-order valence-corrected chi connectivity index (χ1v) is 7.61. The fourth-order valence-electron chi connectivity index (χ4n) is 2.07. The first kappa shape index (κ1) is 15.2. The van der Waals surface area contributed by atoms with Crippen LogP contribution in [0.1, 0.15) is 12.8 Å². The number of nitro benzene ring substituents is 1. The molecule has 4 N–H and O–H groups in total. The van der Waals surface area contributed by atoms with Crippen LogP contribution >= 0.6 is 0 Å². The van der Waals surface area contributed by atoms with Gasteiger partial charge in [0.2, 0.25) is 15.9 Å². The highest BCUT2D eigenvalue weighted by Gasteiger charge is 2.31. The number of nitrogen functional groups attached to an aromatic ring is 1. The van der Waals surface area contributed by atoms with Crippen molar-refractivity contribution in [1.82, 2.24) is 10.0 Å². The second kappa shape index (κ2) is 5.66. The maximum Gasteiger partial charge on any atom is 0.312 e. The van der Waals surface area contributed by atoms with E-state index in [2.05, 4.69) is 10.0 Å². The van der Waals surface area contributed by atoms with Gasteiger partial charge in [-0.15, -0.1) is 0 Å². The van der Waals surface area contributed by atoms with Crippen LogP contribution in [0.5, 0.6) is 0 Å². The van der Waals surface area contributed by atoms with Crippen LogP contribution in [0.25, 0.3) is 0 Å². The van der Waals surface area contributed by atoms with E-state index >= 15 is 0 Å². The fourth-order valence-corrected chi connectivity index (χ4v) is 3.54. The van der Waals surface area contributed by atoms with E-state index in [0.717, 1.165) is 6.07 Å². The number of amides is 1. The summed E-state index contributed by atoms with van der Waals surface area (Å²) in [7, 11) is -4.10. The average molecular weight is 314 g/mol. The molecular formula is C11H14N4O5S. The summed E-state index contributed by atoms with van der Waals surface area (Å²) in [6.07, 6.45) is 0.535. The van der Waals surface area contributed by atoms with Gasteiger partial charge in [-0.25, -0.2) is 13.1 Å². The van der Waals surface area contributed by atoms with Crippen molar-refractivity contribution in [2.24, 2.45) is 0 Å². The van der Waals surface area contributed by atoms with Gasteiger partial charge < -0.3 is 11.1 Å². The molecule has 1 unspecified atom stereocenters. The molecule has 0 saturated carbocycles. The Labute approximate surface area is 120 Å². The van der Waals surface area contributed by atoms with E-state index in [1.165, 1.54) is 12.1 Å². The van der Waals surface area contributed by atoms with E-state index in [-0.39, 0.29) is 24.6 Å². The van der Waals surface area contributed by atoms with Gasteiger partial charge in [-0.2, -0.15) is 0 Å². The molecule has 1 aromatic carbocycles. The summed E-state index contributed by atoms with van der Waals surface area (Å²) in [6.45, 7) is 0.147. The van der Waals surface area contributed by atoms with Crippen LogP contribution in [0.3, 0.4) is 0 Å². The van der Waals surface area contributed by atoms with E-state index in [9.17, 15) is 23.3 Å². The van der Waals surface area contributed by atoms with Crippen molar-refractivity contribution in [1.29, 1.82) is 0 Å². The van der Waals surface area contributed by atoms with Gasteiger partial charge >= 0.3 is 5.69 Å². The number of carbonyl (C=O) groups is 1. The van der Waals surface area contributed by atoms with Crippen LogP contribution in [-0.2, 0) is 14.8 Å². The average Bonchev–Trinajstić information content (AvgIpc) is 2.40. The van der Waals surface area contributed by atoms with Gasteiger partial charge in [0, 0.05) is 19.0 Å². The molecule has 0 radical (unpaired) electrons. The third-order valence-corrected chi connectivity index (χ3v) is 4.64. The summed E-state index contributed by atoms with van der Waals surface area (Å²) in [5, 5.41) is 13.5. The molecule has 0 aromatic heterocycles. The maximum atomic E-state index is 12.3. The standard InChI is InChI=1S/C11H14N4O5S/c12-8-2-1-3-9(11(8)15(17)18)21(19,20)14-7-4-5-10(16)13-6-7/h1-3,7,14H,4-6,12H2,(H,13,16). The molecule has 114 valence electrons. The number of anilines is 1. The number of para-hydroxylation sites is 1. The molecule has 9 nitrogen and oxygen atoms in total. The van der Waals surface area contributed by atoms with Gasteiger partial charge in [0.1, 0.15) is 5.69 Å². The van der Waals surface area contributed by atoms with Gasteiger partial charge in [-0.3, -0.25) is 14.9 Å². The lowest BCUT2D eigenvalue weighted by atomic mass is 10.1. The number of nitro groups is 1. The second-order valence-corrected chi connectivity index (χ2v) is 6.29. The molecule has 0 spiro atoms. The third kappa shape index (κ3) is 3.28. The van der Waals surface area contributed by atoms with Crippen LogP contribution in [0.4, 0.5) is 11.4 Å². The fraction of sp³-hybridized carbons (Fsp3) is 0.364. The number of nitrogens with two attached hydrogens (primary N) is 1. The van der Waals surface area contributed by atoms with Crippen molar-refractivity contribution in [3.05, 3.63) is 28.3 Å². The Hall–Kier alpha value is -2.20. The number of piperidine rings is 1. The number of sulfonamides is 1. The highest BCUT2D eigenvalue weighted by molar-refractivity contribution is 7.89. The molecule has 1 aliphatic heterocycles. The SMILES string of the molecule is Nc1cccc(S(=O)(=O)NC2CCC(=O)NC2)c1[N+](=O)[O-]. The first-order valence-electron chi connectivity index (χ1n) is 6.13. The van der Waals surface area contributed by atoms with Crippen molar-refractivity contribution >= 4 is 27.3 Å². The van der Waals surface area contributed by atoms with Gasteiger partial charge in [0.05, 0.1) is 4.92 Å². The normalized spacial score (nSPS) is 19.0. The molecule has 10 heteroatoms. The second-order valence-electron chi connectivity index (χ2n) is 4.61. The molecule has 1 saturated heterocycles. The Bertz CT molecular complexity index is 678. The Kier molecular flexibility index (Phi) is 4.09. The van der Waals surface area contributed by atoms with Crippen LogP contribution < -0.4 is 15.8 Å². The van der Waals surface area contributed by atoms with Crippen LogP contribution in [-0.4, -0.2) is 31.8 Å². The maximum absolute atomic E-state index is 12.3. The number of nitrogens with zero attached hydrogens (tertiary/aromatic N) is 1. The van der Waals surface area contributed by atoms with Crippen LogP contribution in [0.15, 0.2) is 23.1 Å². The van der Waals surface area contributed by atoms with Crippen molar-refractivity contribution in [2.75, 3.05) is 12.3 Å². The number of hydrogen-bond acceptors (Lipinski definition) is 6. The summed E-state index contributed by atoms with van der Waals surface area (Å²) in [6, 6.07) is 3.21. The lowest BCUT2D eigenvalue weighted by Gasteiger charge is -2.23. The number of hydrogen-bond donors (Lipinski definition) is 3. The molecule has 21 heavy (non-hydrogen) atoms. The number of rotatable bonds is 4. The zero-order valence-corrected chi connectivity index (χ0v) is 11.7. The van der Waals surface area contributed by atoms with Crippen molar-refractivity contribution in [3.8, 4) is 0 Å². The highest BCUT2D eigenvalue weighted by atomic mass is 32.2. The van der Waals surface area contributed by atoms with E-state index in [0.29, 0.717) is 6.42 Å². The Morgan fingerprint density at radius 3 is 2.71 bits per heavy atom. The molecule has 0 aliphatic carbocycles. The van der Waals surface area contributed by atoms with Gasteiger partial charge in [-0.1, -0.05) is 6.07 Å². The lowest BCUT2D eigenvalue weighted by Crippen LogP contribution is -2.47. The summed E-state index contributed by atoms with van der Waals surface area (Å²) in [4.78, 5) is 20.7. The van der Waals surface area contributed by atoms with E-state index in [1.54, 1.807) is 0 Å². The van der Waals surface area contributed by atoms with Crippen LogP contribution in [0.2, 0.25) is 0 Å². The van der Waals surface area contributed by atoms with Gasteiger partial charge in [0.15, 0.2) is 4.90 Å². The van der Waals surface area contributed by atoms with E-state index in [1.807, 2.05) is 0 Å². The smallest absolute Gasteiger partial charge is 0.312 e. The zero-order chi connectivity index (χ0) is 15.6. The minimum atomic E-state index is -4.10. The number of benzene rings is 1. The Morgan fingerprint density at radius 2 is 2.14 bits per heavy atom. The third-order valence-electron chi connectivity index (χ3n) is 3.09. The van der Waals surface area contributed by atoms with E-state index in [4.69, 9.17) is 5.73 Å². The summed E-state index contributed by atoms with van der Waals surface area (Å²) in [5.74, 6) is -0.152. The number of nitrogens with one attached hydrogen (secondary N) is 2. The van der Waals surface area contributed by atoms with Crippen molar-refractivity contribution < 1.29 is 18.1 Å². The quantitative estimate of drug-likeness (QED) is 0.396. The summed E-state index contributed by atoms with van der Waals surface area (Å²) >= 11 is 0. The minimum Gasteiger partial charge on any atom is -0.393 e. The molecule has 1 atom stereocenters. The first-order chi connectivity index (χ1) is 9.81. The highest BCUT2D eigenvalue weighted by Crippen LogP contribution is 2.29. The Morgan fingerprint density at radius 1 is 1.43 bits per heavy atom. The summed E-state index contributed by atoms with van der Waals surface area (Å²) in [5.41, 5.74) is 4.61.